The molecule has 1 amide bonds. The summed E-state index contributed by atoms with van der Waals surface area (Å²) in [5.74, 6) is -0.0965. The maximum atomic E-state index is 12.3. The molecular formula is C15H22N2O2. The van der Waals surface area contributed by atoms with E-state index in [0.717, 1.165) is 12.1 Å². The van der Waals surface area contributed by atoms with Crippen molar-refractivity contribution in [2.24, 2.45) is 5.92 Å². The number of anilines is 1. The van der Waals surface area contributed by atoms with Gasteiger partial charge < -0.3 is 15.7 Å². The first-order valence-corrected chi connectivity index (χ1v) is 6.72. The third-order valence-electron chi connectivity index (χ3n) is 3.88. The molecule has 2 unspecified atom stereocenters. The number of benzene rings is 1. The Balaban J connectivity index is 2.03. The highest BCUT2D eigenvalue weighted by molar-refractivity contribution is 5.81. The Morgan fingerprint density at radius 2 is 2.16 bits per heavy atom. The van der Waals surface area contributed by atoms with Crippen molar-refractivity contribution in [2.75, 3.05) is 11.9 Å². The monoisotopic (exact) mass is 262 g/mol. The van der Waals surface area contributed by atoms with Gasteiger partial charge in [-0.15, -0.1) is 0 Å². The van der Waals surface area contributed by atoms with Crippen LogP contribution in [-0.2, 0) is 11.2 Å². The molecular weight excluding hydrogens is 240 g/mol. The molecule has 1 heterocycles. The number of rotatable bonds is 3. The van der Waals surface area contributed by atoms with Gasteiger partial charge in [0.1, 0.15) is 0 Å². The second kappa shape index (κ2) is 5.21. The Labute approximate surface area is 114 Å². The highest BCUT2D eigenvalue weighted by Crippen LogP contribution is 2.24. The minimum atomic E-state index is -0.603. The maximum Gasteiger partial charge on any atom is 0.225 e. The van der Waals surface area contributed by atoms with E-state index >= 15 is 0 Å². The molecule has 3 N–H and O–H groups in total. The van der Waals surface area contributed by atoms with Gasteiger partial charge in [-0.05, 0) is 38.8 Å². The van der Waals surface area contributed by atoms with Crippen LogP contribution in [0.4, 0.5) is 5.69 Å². The molecule has 1 aromatic rings. The fourth-order valence-corrected chi connectivity index (χ4v) is 2.15. The van der Waals surface area contributed by atoms with Gasteiger partial charge in [0.2, 0.25) is 5.91 Å². The van der Waals surface area contributed by atoms with Crippen LogP contribution in [0.3, 0.4) is 0 Å². The van der Waals surface area contributed by atoms with Crippen LogP contribution < -0.4 is 10.6 Å². The van der Waals surface area contributed by atoms with Crippen LogP contribution in [0.25, 0.3) is 0 Å². The third-order valence-corrected chi connectivity index (χ3v) is 3.88. The summed E-state index contributed by atoms with van der Waals surface area (Å²) in [5.41, 5.74) is 1.68. The number of nitrogens with one attached hydrogen (secondary N) is 2. The number of para-hydroxylation sites is 1. The van der Waals surface area contributed by atoms with Crippen LogP contribution >= 0.6 is 0 Å². The Kier molecular flexibility index (Phi) is 3.80. The van der Waals surface area contributed by atoms with E-state index in [2.05, 4.69) is 10.6 Å². The average Bonchev–Trinajstić information content (AvgIpc) is 2.37. The summed E-state index contributed by atoms with van der Waals surface area (Å²) in [6.45, 7) is 5.99. The molecule has 4 heteroatoms. The molecule has 0 spiro atoms. The van der Waals surface area contributed by atoms with Crippen LogP contribution in [-0.4, -0.2) is 29.2 Å². The van der Waals surface area contributed by atoms with Crippen molar-refractivity contribution < 1.29 is 9.90 Å². The molecule has 0 radical (unpaired) electrons. The summed E-state index contributed by atoms with van der Waals surface area (Å²) < 4.78 is 0. The van der Waals surface area contributed by atoms with E-state index in [4.69, 9.17) is 0 Å². The Bertz CT molecular complexity index is 469. The highest BCUT2D eigenvalue weighted by atomic mass is 16.3. The first-order valence-electron chi connectivity index (χ1n) is 6.72. The van der Waals surface area contributed by atoms with E-state index in [1.165, 1.54) is 5.56 Å². The predicted molar refractivity (Wildman–Crippen MR) is 76.0 cm³/mol. The predicted octanol–water partition coefficient (Wildman–Crippen LogP) is 1.55. The molecule has 104 valence electrons. The molecule has 1 aromatic carbocycles. The largest absolute Gasteiger partial charge is 0.391 e. The molecule has 1 aliphatic rings. The van der Waals surface area contributed by atoms with Crippen molar-refractivity contribution in [3.63, 3.8) is 0 Å². The molecule has 4 nitrogen and oxygen atoms in total. The van der Waals surface area contributed by atoms with Crippen LogP contribution in [0, 0.1) is 5.92 Å². The SMILES string of the molecule is CC(O)C(C)(C)NC(=O)C1CNc2ccccc2C1. The van der Waals surface area contributed by atoms with E-state index < -0.39 is 11.6 Å². The van der Waals surface area contributed by atoms with Gasteiger partial charge in [-0.3, -0.25) is 4.79 Å². The second-order valence-corrected chi connectivity index (χ2v) is 5.83. The van der Waals surface area contributed by atoms with Crippen LogP contribution in [0.15, 0.2) is 24.3 Å². The van der Waals surface area contributed by atoms with E-state index in [1.54, 1.807) is 6.92 Å². The lowest BCUT2D eigenvalue weighted by molar-refractivity contribution is -0.127. The van der Waals surface area contributed by atoms with E-state index in [-0.39, 0.29) is 11.8 Å². The van der Waals surface area contributed by atoms with Crippen molar-refractivity contribution >= 4 is 11.6 Å². The first kappa shape index (κ1) is 13.9. The smallest absolute Gasteiger partial charge is 0.225 e. The molecule has 0 bridgehead atoms. The summed E-state index contributed by atoms with van der Waals surface area (Å²) in [4.78, 5) is 12.3. The summed E-state index contributed by atoms with van der Waals surface area (Å²) >= 11 is 0. The van der Waals surface area contributed by atoms with Gasteiger partial charge in [-0.1, -0.05) is 18.2 Å². The zero-order chi connectivity index (χ0) is 14.0. The number of hydrogen-bond donors (Lipinski definition) is 3. The third kappa shape index (κ3) is 3.07. The van der Waals surface area contributed by atoms with Gasteiger partial charge in [0.25, 0.3) is 0 Å². The van der Waals surface area contributed by atoms with Crippen molar-refractivity contribution in [3.8, 4) is 0 Å². The lowest BCUT2D eigenvalue weighted by atomic mass is 9.91. The fraction of sp³-hybridized carbons (Fsp3) is 0.533. The number of carbonyl (C=O) groups is 1. The molecule has 0 saturated carbocycles. The minimum Gasteiger partial charge on any atom is -0.391 e. The van der Waals surface area contributed by atoms with E-state index in [0.29, 0.717) is 6.54 Å². The number of amides is 1. The summed E-state index contributed by atoms with van der Waals surface area (Å²) in [5, 5.41) is 15.9. The molecule has 0 fully saturated rings. The van der Waals surface area contributed by atoms with Gasteiger partial charge in [-0.2, -0.15) is 0 Å². The summed E-state index contributed by atoms with van der Waals surface area (Å²) in [6.07, 6.45) is 0.158. The minimum absolute atomic E-state index is 0.00657. The molecule has 0 saturated heterocycles. The normalized spacial score (nSPS) is 20.1. The number of carbonyl (C=O) groups excluding carboxylic acids is 1. The quantitative estimate of drug-likeness (QED) is 0.774. The van der Waals surface area contributed by atoms with Crippen LogP contribution in [0.5, 0.6) is 0 Å². The molecule has 1 aliphatic heterocycles. The number of aliphatic hydroxyl groups excluding tert-OH is 1. The lowest BCUT2D eigenvalue weighted by Crippen LogP contribution is -2.54. The fourth-order valence-electron chi connectivity index (χ4n) is 2.15. The second-order valence-electron chi connectivity index (χ2n) is 5.83. The molecule has 2 rings (SSSR count). The van der Waals surface area contributed by atoms with Gasteiger partial charge in [0.05, 0.1) is 17.6 Å². The summed E-state index contributed by atoms with van der Waals surface area (Å²) in [7, 11) is 0. The van der Waals surface area contributed by atoms with Gasteiger partial charge in [-0.25, -0.2) is 0 Å². The Hall–Kier alpha value is -1.55. The average molecular weight is 262 g/mol. The van der Waals surface area contributed by atoms with Gasteiger partial charge in [0.15, 0.2) is 0 Å². The molecule has 0 aromatic heterocycles. The molecule has 2 atom stereocenters. The number of fused-ring (bicyclic) bond motifs is 1. The Morgan fingerprint density at radius 3 is 2.84 bits per heavy atom. The molecule has 0 aliphatic carbocycles. The standard InChI is InChI=1S/C15H22N2O2/c1-10(18)15(2,3)17-14(19)12-8-11-6-4-5-7-13(11)16-9-12/h4-7,10,12,16,18H,8-9H2,1-3H3,(H,17,19). The van der Waals surface area contributed by atoms with E-state index in [1.807, 2.05) is 38.1 Å². The topological polar surface area (TPSA) is 61.4 Å². The maximum absolute atomic E-state index is 12.3. The van der Waals surface area contributed by atoms with E-state index in [9.17, 15) is 9.90 Å². The molecule has 19 heavy (non-hydrogen) atoms. The van der Waals surface area contributed by atoms with Crippen molar-refractivity contribution in [1.29, 1.82) is 0 Å². The van der Waals surface area contributed by atoms with Crippen LogP contribution in [0.2, 0.25) is 0 Å². The first-order chi connectivity index (χ1) is 8.90. The Morgan fingerprint density at radius 1 is 1.47 bits per heavy atom. The number of aliphatic hydroxyl groups is 1. The highest BCUT2D eigenvalue weighted by Gasteiger charge is 2.31. The lowest BCUT2D eigenvalue weighted by Gasteiger charge is -2.33. The van der Waals surface area contributed by atoms with Gasteiger partial charge in [0, 0.05) is 12.2 Å². The summed E-state index contributed by atoms with van der Waals surface area (Å²) in [6, 6.07) is 8.05. The zero-order valence-corrected chi connectivity index (χ0v) is 11.7. The zero-order valence-electron chi connectivity index (χ0n) is 11.7. The van der Waals surface area contributed by atoms with Crippen molar-refractivity contribution in [3.05, 3.63) is 29.8 Å². The number of hydrogen-bond acceptors (Lipinski definition) is 3. The van der Waals surface area contributed by atoms with Gasteiger partial charge >= 0.3 is 0 Å². The van der Waals surface area contributed by atoms with Crippen LogP contribution in [0.1, 0.15) is 26.3 Å². The van der Waals surface area contributed by atoms with Crippen molar-refractivity contribution in [2.45, 2.75) is 38.8 Å². The van der Waals surface area contributed by atoms with Crippen molar-refractivity contribution in [1.82, 2.24) is 5.32 Å².